The molecule has 0 radical (unpaired) electrons. The molecule has 1 aliphatic rings. The van der Waals surface area contributed by atoms with Crippen LogP contribution in [0, 0.1) is 11.8 Å². The molecule has 0 bridgehead atoms. The summed E-state index contributed by atoms with van der Waals surface area (Å²) in [5, 5.41) is 13.2. The van der Waals surface area contributed by atoms with Crippen molar-refractivity contribution < 1.29 is 5.11 Å². The highest BCUT2D eigenvalue weighted by Gasteiger charge is 2.24. The van der Waals surface area contributed by atoms with E-state index in [9.17, 15) is 5.11 Å². The second kappa shape index (κ2) is 6.55. The number of hydrogen-bond acceptors (Lipinski definition) is 4. The molecular weight excluding hydrogens is 273 g/mol. The van der Waals surface area contributed by atoms with Gasteiger partial charge in [-0.2, -0.15) is 4.98 Å². The third-order valence-corrected chi connectivity index (χ3v) is 4.01. The Hall–Kier alpha value is -0.580. The number of halogens is 2. The van der Waals surface area contributed by atoms with Gasteiger partial charge in [-0.3, -0.25) is 0 Å². The van der Waals surface area contributed by atoms with Gasteiger partial charge in [-0.25, -0.2) is 4.98 Å². The van der Waals surface area contributed by atoms with E-state index in [0.29, 0.717) is 22.7 Å². The van der Waals surface area contributed by atoms with E-state index in [4.69, 9.17) is 23.2 Å². The van der Waals surface area contributed by atoms with Crippen molar-refractivity contribution in [2.24, 2.45) is 11.8 Å². The average molecular weight is 290 g/mol. The fourth-order valence-corrected chi connectivity index (χ4v) is 2.78. The Labute approximate surface area is 117 Å². The fourth-order valence-electron chi connectivity index (χ4n) is 2.49. The van der Waals surface area contributed by atoms with Crippen molar-refractivity contribution in [1.29, 1.82) is 0 Å². The summed E-state index contributed by atoms with van der Waals surface area (Å²) in [4.78, 5) is 7.86. The SMILES string of the molecule is OCC1CCCCC1CNc1nc(Cl)ncc1Cl. The predicted molar refractivity (Wildman–Crippen MR) is 73.1 cm³/mol. The molecular formula is C12H17Cl2N3O. The van der Waals surface area contributed by atoms with Crippen molar-refractivity contribution in [1.82, 2.24) is 9.97 Å². The molecule has 0 amide bonds. The largest absolute Gasteiger partial charge is 0.396 e. The molecule has 1 aromatic rings. The summed E-state index contributed by atoms with van der Waals surface area (Å²) in [7, 11) is 0. The van der Waals surface area contributed by atoms with Crippen molar-refractivity contribution in [3.05, 3.63) is 16.5 Å². The number of nitrogens with zero attached hydrogens (tertiary/aromatic N) is 2. The van der Waals surface area contributed by atoms with E-state index in [1.54, 1.807) is 0 Å². The number of rotatable bonds is 4. The molecule has 0 aromatic carbocycles. The Morgan fingerprint density at radius 1 is 1.28 bits per heavy atom. The normalized spacial score (nSPS) is 23.9. The van der Waals surface area contributed by atoms with Gasteiger partial charge in [0.1, 0.15) is 10.8 Å². The van der Waals surface area contributed by atoms with Crippen molar-refractivity contribution >= 4 is 29.0 Å². The predicted octanol–water partition coefficient (Wildman–Crippen LogP) is 2.99. The van der Waals surface area contributed by atoms with Gasteiger partial charge in [-0.15, -0.1) is 0 Å². The van der Waals surface area contributed by atoms with Gasteiger partial charge in [0.2, 0.25) is 5.28 Å². The van der Waals surface area contributed by atoms with Crippen LogP contribution in [-0.4, -0.2) is 28.2 Å². The first kappa shape index (κ1) is 13.8. The zero-order valence-electron chi connectivity index (χ0n) is 10.1. The number of nitrogens with one attached hydrogen (secondary N) is 1. The molecule has 4 nitrogen and oxygen atoms in total. The summed E-state index contributed by atoms with van der Waals surface area (Å²) in [6.07, 6.45) is 6.16. The Morgan fingerprint density at radius 2 is 2.00 bits per heavy atom. The zero-order valence-corrected chi connectivity index (χ0v) is 11.6. The monoisotopic (exact) mass is 289 g/mol. The average Bonchev–Trinajstić information content (AvgIpc) is 2.40. The minimum absolute atomic E-state index is 0.184. The molecule has 0 aliphatic heterocycles. The summed E-state index contributed by atoms with van der Waals surface area (Å²) < 4.78 is 0. The maximum absolute atomic E-state index is 9.36. The Balaban J connectivity index is 1.95. The van der Waals surface area contributed by atoms with E-state index < -0.39 is 0 Å². The van der Waals surface area contributed by atoms with Gasteiger partial charge in [0.15, 0.2) is 0 Å². The van der Waals surface area contributed by atoms with Gasteiger partial charge in [0.25, 0.3) is 0 Å². The molecule has 0 spiro atoms. The lowest BCUT2D eigenvalue weighted by Crippen LogP contribution is -2.28. The number of anilines is 1. The lowest BCUT2D eigenvalue weighted by molar-refractivity contribution is 0.141. The van der Waals surface area contributed by atoms with Crippen LogP contribution in [0.3, 0.4) is 0 Å². The van der Waals surface area contributed by atoms with Crippen LogP contribution >= 0.6 is 23.2 Å². The Bertz CT molecular complexity index is 403. The first-order valence-electron chi connectivity index (χ1n) is 6.23. The van der Waals surface area contributed by atoms with Crippen LogP contribution in [0.25, 0.3) is 0 Å². The summed E-state index contributed by atoms with van der Waals surface area (Å²) >= 11 is 11.7. The molecule has 2 rings (SSSR count). The zero-order chi connectivity index (χ0) is 13.0. The molecule has 1 aliphatic carbocycles. The van der Waals surface area contributed by atoms with Crippen LogP contribution in [0.15, 0.2) is 6.20 Å². The van der Waals surface area contributed by atoms with Crippen LogP contribution in [0.1, 0.15) is 25.7 Å². The topological polar surface area (TPSA) is 58.0 Å². The summed E-state index contributed by atoms with van der Waals surface area (Å²) in [5.41, 5.74) is 0. The van der Waals surface area contributed by atoms with E-state index in [1.807, 2.05) is 0 Å². The number of aromatic nitrogens is 2. The highest BCUT2D eigenvalue weighted by Crippen LogP contribution is 2.30. The quantitative estimate of drug-likeness (QED) is 0.837. The fraction of sp³-hybridized carbons (Fsp3) is 0.667. The van der Waals surface area contributed by atoms with E-state index in [-0.39, 0.29) is 11.9 Å². The van der Waals surface area contributed by atoms with Crippen LogP contribution in [0.4, 0.5) is 5.82 Å². The van der Waals surface area contributed by atoms with Crippen LogP contribution in [-0.2, 0) is 0 Å². The van der Waals surface area contributed by atoms with E-state index in [0.717, 1.165) is 19.4 Å². The van der Waals surface area contributed by atoms with Gasteiger partial charge in [0.05, 0.1) is 6.20 Å². The Morgan fingerprint density at radius 3 is 2.72 bits per heavy atom. The maximum Gasteiger partial charge on any atom is 0.224 e. The number of aliphatic hydroxyl groups excluding tert-OH is 1. The molecule has 2 unspecified atom stereocenters. The first-order valence-corrected chi connectivity index (χ1v) is 6.99. The molecule has 1 aromatic heterocycles. The van der Waals surface area contributed by atoms with Crippen molar-refractivity contribution in [2.45, 2.75) is 25.7 Å². The van der Waals surface area contributed by atoms with E-state index in [1.165, 1.54) is 19.0 Å². The molecule has 2 N–H and O–H groups in total. The van der Waals surface area contributed by atoms with Gasteiger partial charge >= 0.3 is 0 Å². The number of aliphatic hydroxyl groups is 1. The third kappa shape index (κ3) is 3.46. The third-order valence-electron chi connectivity index (χ3n) is 3.55. The summed E-state index contributed by atoms with van der Waals surface area (Å²) in [6, 6.07) is 0. The second-order valence-electron chi connectivity index (χ2n) is 4.70. The minimum Gasteiger partial charge on any atom is -0.396 e. The molecule has 2 atom stereocenters. The molecule has 1 saturated carbocycles. The standard InChI is InChI=1S/C12H17Cl2N3O/c13-10-6-16-12(14)17-11(10)15-5-8-3-1-2-4-9(8)7-18/h6,8-9,18H,1-5,7H2,(H,15,16,17). The molecule has 1 fully saturated rings. The summed E-state index contributed by atoms with van der Waals surface area (Å²) in [6.45, 7) is 1.02. The Kier molecular flexibility index (Phi) is 5.03. The second-order valence-corrected chi connectivity index (χ2v) is 5.45. The molecule has 6 heteroatoms. The van der Waals surface area contributed by atoms with Crippen LogP contribution < -0.4 is 5.32 Å². The lowest BCUT2D eigenvalue weighted by Gasteiger charge is -2.30. The van der Waals surface area contributed by atoms with Crippen molar-refractivity contribution in [3.63, 3.8) is 0 Å². The van der Waals surface area contributed by atoms with Gasteiger partial charge in [-0.05, 0) is 36.3 Å². The van der Waals surface area contributed by atoms with Crippen molar-refractivity contribution in [2.75, 3.05) is 18.5 Å². The number of hydrogen-bond donors (Lipinski definition) is 2. The maximum atomic E-state index is 9.36. The highest BCUT2D eigenvalue weighted by atomic mass is 35.5. The molecule has 1 heterocycles. The molecule has 18 heavy (non-hydrogen) atoms. The lowest BCUT2D eigenvalue weighted by atomic mass is 9.79. The smallest absolute Gasteiger partial charge is 0.224 e. The van der Waals surface area contributed by atoms with Gasteiger partial charge < -0.3 is 10.4 Å². The first-order chi connectivity index (χ1) is 8.70. The van der Waals surface area contributed by atoms with Gasteiger partial charge in [-0.1, -0.05) is 24.4 Å². The van der Waals surface area contributed by atoms with Crippen LogP contribution in [0.2, 0.25) is 10.3 Å². The van der Waals surface area contributed by atoms with E-state index in [2.05, 4.69) is 15.3 Å². The van der Waals surface area contributed by atoms with E-state index >= 15 is 0 Å². The molecule has 0 saturated heterocycles. The molecule has 100 valence electrons. The highest BCUT2D eigenvalue weighted by molar-refractivity contribution is 6.33. The van der Waals surface area contributed by atoms with Crippen LogP contribution in [0.5, 0.6) is 0 Å². The summed E-state index contributed by atoms with van der Waals surface area (Å²) in [5.74, 6) is 1.41. The van der Waals surface area contributed by atoms with Crippen molar-refractivity contribution in [3.8, 4) is 0 Å². The minimum atomic E-state index is 0.184. The van der Waals surface area contributed by atoms with Gasteiger partial charge in [0, 0.05) is 13.2 Å².